The molecule has 1 heterocycles. The molecule has 220 valence electrons. The van der Waals surface area contributed by atoms with Crippen molar-refractivity contribution in [2.75, 3.05) is 30.1 Å². The lowest BCUT2D eigenvalue weighted by atomic mass is 9.95. The fourth-order valence-electron chi connectivity index (χ4n) is 4.43. The van der Waals surface area contributed by atoms with Crippen LogP contribution in [0.4, 0.5) is 55.7 Å². The molecule has 0 saturated carbocycles. The van der Waals surface area contributed by atoms with Gasteiger partial charge in [0.25, 0.3) is 0 Å². The van der Waals surface area contributed by atoms with Crippen LogP contribution in [0.2, 0.25) is 0 Å². The molecule has 6 nitrogen and oxygen atoms in total. The summed E-state index contributed by atoms with van der Waals surface area (Å²) >= 11 is 0. The van der Waals surface area contributed by atoms with Crippen molar-refractivity contribution in [2.24, 2.45) is 0 Å². The maximum atomic E-state index is 13.7. The average molecular weight is 586 g/mol. The highest BCUT2D eigenvalue weighted by Crippen LogP contribution is 2.46. The maximum Gasteiger partial charge on any atom is 0.416 e. The van der Waals surface area contributed by atoms with Gasteiger partial charge in [0.15, 0.2) is 6.04 Å². The molecule has 3 rings (SSSR count). The van der Waals surface area contributed by atoms with Crippen molar-refractivity contribution in [3.63, 3.8) is 0 Å². The Morgan fingerprint density at radius 3 is 1.85 bits per heavy atom. The monoisotopic (exact) mass is 586 g/mol. The summed E-state index contributed by atoms with van der Waals surface area (Å²) in [5.41, 5.74) is -6.16. The predicted molar refractivity (Wildman–Crippen MR) is 124 cm³/mol. The van der Waals surface area contributed by atoms with Gasteiger partial charge in [-0.05, 0) is 55.3 Å². The largest absolute Gasteiger partial charge is 0.467 e. The zero-order valence-corrected chi connectivity index (χ0v) is 21.2. The minimum Gasteiger partial charge on any atom is -0.467 e. The number of amides is 1. The lowest BCUT2D eigenvalue weighted by molar-refractivity contribution is -0.145. The second-order valence-corrected chi connectivity index (χ2v) is 8.75. The van der Waals surface area contributed by atoms with E-state index in [1.54, 1.807) is 6.92 Å². The number of methoxy groups -OCH3 is 1. The first kappa shape index (κ1) is 30.9. The number of anilines is 2. The lowest BCUT2D eigenvalue weighted by Gasteiger charge is -2.45. The predicted octanol–water partition coefficient (Wildman–Crippen LogP) is 7.22. The number of hydrogen-bond donors (Lipinski definition) is 0. The Bertz CT molecular complexity index is 1230. The topological polar surface area (TPSA) is 59.1 Å². The van der Waals surface area contributed by atoms with E-state index in [9.17, 15) is 49.1 Å². The Morgan fingerprint density at radius 2 is 1.40 bits per heavy atom. The van der Waals surface area contributed by atoms with Gasteiger partial charge in [-0.1, -0.05) is 6.92 Å². The number of halogens is 9. The summed E-state index contributed by atoms with van der Waals surface area (Å²) in [6.07, 6.45) is -16.3. The van der Waals surface area contributed by atoms with Crippen molar-refractivity contribution in [1.82, 2.24) is 0 Å². The number of carbonyl (C=O) groups is 2. The zero-order valence-electron chi connectivity index (χ0n) is 21.2. The molecule has 1 amide bonds. The molecule has 1 aliphatic heterocycles. The molecular formula is C25H23F9N2O4. The Hall–Kier alpha value is -3.65. The summed E-state index contributed by atoms with van der Waals surface area (Å²) in [4.78, 5) is 27.7. The van der Waals surface area contributed by atoms with Gasteiger partial charge in [0.05, 0.1) is 47.8 Å². The van der Waals surface area contributed by atoms with E-state index in [0.717, 1.165) is 23.0 Å². The van der Waals surface area contributed by atoms with E-state index >= 15 is 0 Å². The van der Waals surface area contributed by atoms with Gasteiger partial charge in [0.2, 0.25) is 0 Å². The van der Waals surface area contributed by atoms with Crippen LogP contribution in [0.15, 0.2) is 36.4 Å². The minimum atomic E-state index is -5.26. The SMILES string of the molecule is CCOC(=O)N1c2ccc(C(F)(F)F)cc2N(C(C(=O)OC)c2cc(C(F)(F)F)cc(C(F)(F)F)c2)C[C@@H]1CC. The number of ether oxygens (including phenoxy) is 2. The number of hydrogen-bond acceptors (Lipinski definition) is 5. The smallest absolute Gasteiger partial charge is 0.416 e. The molecule has 0 aromatic heterocycles. The van der Waals surface area contributed by atoms with E-state index in [0.29, 0.717) is 24.3 Å². The van der Waals surface area contributed by atoms with Crippen LogP contribution in [0, 0.1) is 0 Å². The third kappa shape index (κ3) is 6.22. The molecule has 0 N–H and O–H groups in total. The molecule has 2 aromatic rings. The van der Waals surface area contributed by atoms with Crippen LogP contribution in [0.1, 0.15) is 48.6 Å². The van der Waals surface area contributed by atoms with Gasteiger partial charge in [0, 0.05) is 6.54 Å². The molecule has 2 aromatic carbocycles. The van der Waals surface area contributed by atoms with Crippen molar-refractivity contribution >= 4 is 23.4 Å². The quantitative estimate of drug-likeness (QED) is 0.274. The van der Waals surface area contributed by atoms with Gasteiger partial charge < -0.3 is 14.4 Å². The number of nitrogens with zero attached hydrogens (tertiary/aromatic N) is 2. The summed E-state index contributed by atoms with van der Waals surface area (Å²) < 4.78 is 132. The molecule has 0 spiro atoms. The van der Waals surface area contributed by atoms with Crippen LogP contribution < -0.4 is 9.80 Å². The summed E-state index contributed by atoms with van der Waals surface area (Å²) in [5.74, 6) is -1.34. The van der Waals surface area contributed by atoms with Crippen molar-refractivity contribution in [1.29, 1.82) is 0 Å². The van der Waals surface area contributed by atoms with Crippen LogP contribution in [0.25, 0.3) is 0 Å². The summed E-state index contributed by atoms with van der Waals surface area (Å²) in [7, 11) is 0.826. The van der Waals surface area contributed by atoms with Crippen LogP contribution >= 0.6 is 0 Å². The van der Waals surface area contributed by atoms with E-state index in [2.05, 4.69) is 0 Å². The summed E-state index contributed by atoms with van der Waals surface area (Å²) in [6, 6.07) is -0.335. The molecule has 0 fully saturated rings. The highest BCUT2D eigenvalue weighted by molar-refractivity contribution is 5.96. The van der Waals surface area contributed by atoms with Crippen LogP contribution in [-0.4, -0.2) is 38.4 Å². The lowest BCUT2D eigenvalue weighted by Crippen LogP contribution is -2.53. The Labute approximate surface area is 222 Å². The molecule has 40 heavy (non-hydrogen) atoms. The van der Waals surface area contributed by atoms with Crippen molar-refractivity contribution < 1.29 is 58.6 Å². The summed E-state index contributed by atoms with van der Waals surface area (Å²) in [6.45, 7) is 2.52. The Morgan fingerprint density at radius 1 is 0.850 bits per heavy atom. The van der Waals surface area contributed by atoms with Crippen LogP contribution in [-0.2, 0) is 32.8 Å². The van der Waals surface area contributed by atoms with Gasteiger partial charge in [-0.25, -0.2) is 9.59 Å². The number of fused-ring (bicyclic) bond motifs is 1. The van der Waals surface area contributed by atoms with E-state index < -0.39 is 77.2 Å². The first-order valence-corrected chi connectivity index (χ1v) is 11.7. The van der Waals surface area contributed by atoms with E-state index in [-0.39, 0.29) is 24.8 Å². The number of benzene rings is 2. The Balaban J connectivity index is 2.36. The molecule has 2 atom stereocenters. The van der Waals surface area contributed by atoms with E-state index in [1.165, 1.54) is 6.92 Å². The molecule has 0 bridgehead atoms. The molecule has 15 heteroatoms. The van der Waals surface area contributed by atoms with Crippen molar-refractivity contribution in [3.05, 3.63) is 58.7 Å². The second kappa shape index (κ2) is 11.1. The molecule has 0 radical (unpaired) electrons. The fourth-order valence-corrected chi connectivity index (χ4v) is 4.43. The standard InChI is InChI=1S/C25H23F9N2O4/c1-4-17-12-35(19-11-14(23(26,27)28)6-7-18(19)36(17)22(38)40-5-2)20(21(37)39-3)13-8-15(24(29,30)31)10-16(9-13)25(32,33)34/h6-11,17,20H,4-5,12H2,1-3H3/t17-,20?/m0/s1. The van der Waals surface area contributed by atoms with Gasteiger partial charge in [-0.3, -0.25) is 4.90 Å². The molecular weight excluding hydrogens is 563 g/mol. The maximum absolute atomic E-state index is 13.7. The number of rotatable bonds is 5. The third-order valence-electron chi connectivity index (χ3n) is 6.24. The minimum absolute atomic E-state index is 0.0965. The summed E-state index contributed by atoms with van der Waals surface area (Å²) in [5, 5.41) is 0. The molecule has 1 aliphatic rings. The number of alkyl halides is 9. The second-order valence-electron chi connectivity index (χ2n) is 8.75. The van der Waals surface area contributed by atoms with Crippen molar-refractivity contribution in [3.8, 4) is 0 Å². The van der Waals surface area contributed by atoms with Crippen molar-refractivity contribution in [2.45, 2.75) is 50.9 Å². The first-order valence-electron chi connectivity index (χ1n) is 11.7. The normalized spacial score (nSPS) is 16.9. The van der Waals surface area contributed by atoms with E-state index in [4.69, 9.17) is 9.47 Å². The van der Waals surface area contributed by atoms with Gasteiger partial charge in [0.1, 0.15) is 0 Å². The fraction of sp³-hybridized carbons (Fsp3) is 0.440. The Kier molecular flexibility index (Phi) is 8.56. The third-order valence-corrected chi connectivity index (χ3v) is 6.24. The highest BCUT2D eigenvalue weighted by atomic mass is 19.4. The van der Waals surface area contributed by atoms with Gasteiger partial charge >= 0.3 is 30.6 Å². The average Bonchev–Trinajstić information content (AvgIpc) is 2.86. The molecule has 0 aliphatic carbocycles. The van der Waals surface area contributed by atoms with Gasteiger partial charge in [-0.15, -0.1) is 0 Å². The first-order chi connectivity index (χ1) is 18.4. The van der Waals surface area contributed by atoms with Crippen LogP contribution in [0.3, 0.4) is 0 Å². The number of esters is 1. The number of carbonyl (C=O) groups excluding carboxylic acids is 2. The highest BCUT2D eigenvalue weighted by Gasteiger charge is 2.44. The van der Waals surface area contributed by atoms with Crippen LogP contribution in [0.5, 0.6) is 0 Å². The molecule has 0 saturated heterocycles. The van der Waals surface area contributed by atoms with E-state index in [1.807, 2.05) is 0 Å². The van der Waals surface area contributed by atoms with Gasteiger partial charge in [-0.2, -0.15) is 39.5 Å². The molecule has 1 unspecified atom stereocenters. The zero-order chi connectivity index (χ0) is 30.2.